The summed E-state index contributed by atoms with van der Waals surface area (Å²) in [5.74, 6) is -0.182. The molecule has 0 bridgehead atoms. The zero-order valence-electron chi connectivity index (χ0n) is 57.0. The van der Waals surface area contributed by atoms with E-state index in [2.05, 4.69) is 116 Å². The third-order valence-corrected chi connectivity index (χ3v) is 17.1. The predicted octanol–water partition coefficient (Wildman–Crippen LogP) is 20.8. The number of aliphatic hydroxyl groups is 5. The Morgan fingerprint density at radius 3 is 1.05 bits per heavy atom. The van der Waals surface area contributed by atoms with Crippen LogP contribution in [0.25, 0.3) is 0 Å². The smallest absolute Gasteiger partial charge is 0.220 e. The molecule has 9 nitrogen and oxygen atoms in total. The van der Waals surface area contributed by atoms with Crippen LogP contribution < -0.4 is 5.32 Å². The second kappa shape index (κ2) is 66.8. The van der Waals surface area contributed by atoms with E-state index in [0.29, 0.717) is 6.42 Å². The van der Waals surface area contributed by atoms with E-state index in [-0.39, 0.29) is 12.5 Å². The Labute approximate surface area is 542 Å². The molecule has 1 aliphatic heterocycles. The first-order chi connectivity index (χ1) is 43.3. The van der Waals surface area contributed by atoms with E-state index in [1.54, 1.807) is 6.08 Å². The lowest BCUT2D eigenvalue weighted by Gasteiger charge is -2.40. The molecule has 9 heteroatoms. The number of aliphatic hydroxyl groups excluding tert-OH is 5. The first-order valence-electron chi connectivity index (χ1n) is 37.1. The van der Waals surface area contributed by atoms with E-state index >= 15 is 0 Å². The highest BCUT2D eigenvalue weighted by atomic mass is 16.7. The predicted molar refractivity (Wildman–Crippen MR) is 377 cm³/mol. The van der Waals surface area contributed by atoms with Crippen LogP contribution in [0.1, 0.15) is 328 Å². The standard InChI is InChI=1S/C79H139NO8/c1-3-5-7-9-11-13-15-17-19-21-23-25-27-29-31-33-35-36-37-38-39-41-43-45-47-49-51-53-55-57-59-61-63-65-67-69-75(83)80-72(71-87-79-78(86)77(85)76(84)74(70-81)88-79)73(82)68-66-64-62-60-58-56-54-52-50-48-46-44-42-40-34-32-30-28-26-24-22-20-18-16-14-12-10-8-6-4-2/h5,7,11,13,17,19,23,25,29,31,35-36,38-39,43,45,66,68,72-74,76-79,81-82,84-86H,3-4,6,8-10,12,14-16,18,20-22,24,26-28,30,32-34,37,40-42,44,46-65,67,69-71H2,1-2H3,(H,80,83)/b7-5-,13-11-,19-17-,25-23-,31-29-,36-35-,39-38-,45-43-,68-66+. The number of hydrogen-bond donors (Lipinski definition) is 6. The van der Waals surface area contributed by atoms with Crippen molar-refractivity contribution in [2.45, 2.75) is 371 Å². The maximum atomic E-state index is 13.2. The van der Waals surface area contributed by atoms with Crippen LogP contribution in [-0.2, 0) is 14.3 Å². The molecule has 6 N–H and O–H groups in total. The van der Waals surface area contributed by atoms with Crippen molar-refractivity contribution in [2.75, 3.05) is 13.2 Å². The largest absolute Gasteiger partial charge is 0.394 e. The van der Waals surface area contributed by atoms with Crippen molar-refractivity contribution in [3.05, 3.63) is 109 Å². The summed E-state index contributed by atoms with van der Waals surface area (Å²) in [6.45, 7) is 3.70. The fourth-order valence-corrected chi connectivity index (χ4v) is 11.4. The molecule has 1 rings (SSSR count). The number of unbranched alkanes of at least 4 members (excludes halogenated alkanes) is 38. The van der Waals surface area contributed by atoms with Crippen LogP contribution in [0.5, 0.6) is 0 Å². The Balaban J connectivity index is 2.14. The maximum absolute atomic E-state index is 13.2. The molecule has 0 aromatic carbocycles. The molecule has 7 atom stereocenters. The highest BCUT2D eigenvalue weighted by molar-refractivity contribution is 5.76. The topological polar surface area (TPSA) is 149 Å². The number of carbonyl (C=O) groups is 1. The minimum atomic E-state index is -1.57. The molecule has 0 aromatic heterocycles. The van der Waals surface area contributed by atoms with Gasteiger partial charge in [0.1, 0.15) is 24.4 Å². The molecular formula is C79H139NO8. The molecule has 7 unspecified atom stereocenters. The van der Waals surface area contributed by atoms with Gasteiger partial charge in [0.15, 0.2) is 6.29 Å². The molecule has 1 fully saturated rings. The van der Waals surface area contributed by atoms with E-state index in [4.69, 9.17) is 9.47 Å². The van der Waals surface area contributed by atoms with Gasteiger partial charge in [0.05, 0.1) is 25.4 Å². The van der Waals surface area contributed by atoms with Crippen molar-refractivity contribution in [1.29, 1.82) is 0 Å². The van der Waals surface area contributed by atoms with Gasteiger partial charge in [-0.2, -0.15) is 0 Å². The van der Waals surface area contributed by atoms with Gasteiger partial charge in [-0.3, -0.25) is 4.79 Å². The molecule has 1 heterocycles. The van der Waals surface area contributed by atoms with Crippen LogP contribution in [0.15, 0.2) is 109 Å². The molecule has 508 valence electrons. The summed E-state index contributed by atoms with van der Waals surface area (Å²) in [6.07, 6.45) is 92.0. The van der Waals surface area contributed by atoms with Gasteiger partial charge in [0.25, 0.3) is 0 Å². The average Bonchev–Trinajstić information content (AvgIpc) is 3.65. The molecular weight excluding hydrogens is 1090 g/mol. The summed E-state index contributed by atoms with van der Waals surface area (Å²) in [4.78, 5) is 13.2. The van der Waals surface area contributed by atoms with Gasteiger partial charge in [-0.15, -0.1) is 0 Å². The van der Waals surface area contributed by atoms with Crippen LogP contribution >= 0.6 is 0 Å². The lowest BCUT2D eigenvalue weighted by Crippen LogP contribution is -2.60. The Morgan fingerprint density at radius 2 is 0.705 bits per heavy atom. The van der Waals surface area contributed by atoms with Gasteiger partial charge in [-0.05, 0) is 83.5 Å². The Kier molecular flexibility index (Phi) is 62.9. The van der Waals surface area contributed by atoms with Crippen molar-refractivity contribution in [1.82, 2.24) is 5.32 Å². The first-order valence-corrected chi connectivity index (χ1v) is 37.1. The molecule has 1 aliphatic rings. The van der Waals surface area contributed by atoms with Crippen LogP contribution in [-0.4, -0.2) is 87.5 Å². The molecule has 0 aromatic rings. The molecule has 0 aliphatic carbocycles. The number of hydrogen-bond acceptors (Lipinski definition) is 8. The van der Waals surface area contributed by atoms with Crippen molar-refractivity contribution in [3.8, 4) is 0 Å². The lowest BCUT2D eigenvalue weighted by atomic mass is 9.99. The Morgan fingerprint density at radius 1 is 0.398 bits per heavy atom. The highest BCUT2D eigenvalue weighted by Crippen LogP contribution is 2.23. The zero-order valence-corrected chi connectivity index (χ0v) is 57.0. The minimum absolute atomic E-state index is 0.182. The number of ether oxygens (including phenoxy) is 2. The van der Waals surface area contributed by atoms with Crippen molar-refractivity contribution in [2.24, 2.45) is 0 Å². The summed E-state index contributed by atoms with van der Waals surface area (Å²) in [6, 6.07) is -0.817. The number of carbonyl (C=O) groups excluding carboxylic acids is 1. The van der Waals surface area contributed by atoms with Gasteiger partial charge in [0.2, 0.25) is 5.91 Å². The Hall–Kier alpha value is -3.15. The summed E-state index contributed by atoms with van der Waals surface area (Å²) in [5, 5.41) is 54.9. The van der Waals surface area contributed by atoms with Gasteiger partial charge < -0.3 is 40.3 Å². The van der Waals surface area contributed by atoms with Crippen LogP contribution in [0.2, 0.25) is 0 Å². The SMILES string of the molecule is CC/C=C\C/C=C\C/C=C\C/C=C\C/C=C\C/C=C\C/C=C\C/C=C\CCCCCCCCCCCCC(=O)NC(COC1OC(CO)C(O)C(O)C1O)C(O)/C=C/CCCCCCCCCCCCCCCCCCCCCCCCCCCCCC. The second-order valence-electron chi connectivity index (χ2n) is 25.4. The zero-order chi connectivity index (χ0) is 63.5. The quantitative estimate of drug-likeness (QED) is 0.0261. The lowest BCUT2D eigenvalue weighted by molar-refractivity contribution is -0.302. The van der Waals surface area contributed by atoms with E-state index in [9.17, 15) is 30.3 Å². The summed E-state index contributed by atoms with van der Waals surface area (Å²) >= 11 is 0. The minimum Gasteiger partial charge on any atom is -0.394 e. The molecule has 88 heavy (non-hydrogen) atoms. The number of nitrogens with one attached hydrogen (secondary N) is 1. The van der Waals surface area contributed by atoms with Gasteiger partial charge in [0, 0.05) is 6.42 Å². The molecule has 0 spiro atoms. The molecule has 0 radical (unpaired) electrons. The summed E-state index contributed by atoms with van der Waals surface area (Å²) in [5.41, 5.74) is 0. The van der Waals surface area contributed by atoms with E-state index in [1.807, 2.05) is 6.08 Å². The fourth-order valence-electron chi connectivity index (χ4n) is 11.4. The fraction of sp³-hybridized carbons (Fsp3) is 0.759. The van der Waals surface area contributed by atoms with Crippen molar-refractivity contribution < 1.29 is 39.8 Å². The average molecular weight is 1230 g/mol. The third-order valence-electron chi connectivity index (χ3n) is 17.1. The normalized spacial score (nSPS) is 18.6. The van der Waals surface area contributed by atoms with Crippen LogP contribution in [0.3, 0.4) is 0 Å². The van der Waals surface area contributed by atoms with E-state index in [0.717, 1.165) is 103 Å². The summed E-state index contributed by atoms with van der Waals surface area (Å²) in [7, 11) is 0. The number of rotatable bonds is 64. The van der Waals surface area contributed by atoms with Gasteiger partial charge in [-0.25, -0.2) is 0 Å². The van der Waals surface area contributed by atoms with Gasteiger partial charge >= 0.3 is 0 Å². The maximum Gasteiger partial charge on any atom is 0.220 e. The second-order valence-corrected chi connectivity index (χ2v) is 25.4. The monoisotopic (exact) mass is 1230 g/mol. The molecule has 1 saturated heterocycles. The van der Waals surface area contributed by atoms with E-state index in [1.165, 1.54) is 205 Å². The molecule has 0 saturated carbocycles. The number of allylic oxidation sites excluding steroid dienone is 17. The van der Waals surface area contributed by atoms with Crippen molar-refractivity contribution >= 4 is 5.91 Å². The highest BCUT2D eigenvalue weighted by Gasteiger charge is 2.44. The van der Waals surface area contributed by atoms with E-state index < -0.39 is 49.5 Å². The number of amides is 1. The van der Waals surface area contributed by atoms with Crippen LogP contribution in [0.4, 0.5) is 0 Å². The first kappa shape index (κ1) is 82.9. The third kappa shape index (κ3) is 54.6. The molecule has 1 amide bonds. The summed E-state index contributed by atoms with van der Waals surface area (Å²) < 4.78 is 11.3. The van der Waals surface area contributed by atoms with Gasteiger partial charge in [-0.1, -0.05) is 348 Å². The Bertz CT molecular complexity index is 1760. The van der Waals surface area contributed by atoms with Crippen LogP contribution in [0, 0.1) is 0 Å². The van der Waals surface area contributed by atoms with Crippen molar-refractivity contribution in [3.63, 3.8) is 0 Å².